The molecule has 51 heavy (non-hydrogen) atoms. The van der Waals surface area contributed by atoms with E-state index in [9.17, 15) is 19.6 Å². The van der Waals surface area contributed by atoms with E-state index in [1.54, 1.807) is 14.2 Å². The van der Waals surface area contributed by atoms with Gasteiger partial charge in [-0.15, -0.1) is 11.8 Å². The number of carbonyl (C=O) groups excluding carboxylic acids is 3. The van der Waals surface area contributed by atoms with Crippen molar-refractivity contribution in [1.29, 1.82) is 5.26 Å². The zero-order chi connectivity index (χ0) is 36.1. The van der Waals surface area contributed by atoms with Crippen molar-refractivity contribution in [2.45, 2.75) is 88.5 Å². The smallest absolute Gasteiger partial charge is 0.329 e. The number of benzene rings is 2. The Morgan fingerprint density at radius 2 is 1.90 bits per heavy atom. The second-order valence-electron chi connectivity index (χ2n) is 13.4. The summed E-state index contributed by atoms with van der Waals surface area (Å²) in [6, 6.07) is 1.14. The third-order valence-corrected chi connectivity index (χ3v) is 11.7. The number of thioether (sulfide) groups is 1. The molecule has 14 nitrogen and oxygen atoms in total. The number of ether oxygens (including phenoxy) is 7. The lowest BCUT2D eigenvalue weighted by atomic mass is 9.72. The molecule has 2 saturated heterocycles. The minimum absolute atomic E-state index is 0.0183. The fourth-order valence-corrected chi connectivity index (χ4v) is 9.92. The van der Waals surface area contributed by atoms with E-state index in [1.807, 2.05) is 20.8 Å². The molecule has 1 unspecified atom stereocenters. The number of nitrogens with zero attached hydrogens (tertiary/aromatic N) is 2. The number of hydrogen-bond acceptors (Lipinski definition) is 14. The molecule has 6 heterocycles. The number of amides is 1. The largest absolute Gasteiger partial charge is 0.493 e. The van der Waals surface area contributed by atoms with Crippen LogP contribution in [0.25, 0.3) is 0 Å². The maximum absolute atomic E-state index is 13.7. The molecule has 0 saturated carbocycles. The highest BCUT2D eigenvalue weighted by Crippen LogP contribution is 2.62. The first-order valence-electron chi connectivity index (χ1n) is 17.1. The molecule has 2 fully saturated rings. The number of piperazine rings is 1. The quantitative estimate of drug-likeness (QED) is 0.231. The zero-order valence-corrected chi connectivity index (χ0v) is 30.3. The van der Waals surface area contributed by atoms with Crippen LogP contribution in [0.15, 0.2) is 6.07 Å². The molecule has 0 aliphatic carbocycles. The summed E-state index contributed by atoms with van der Waals surface area (Å²) >= 11 is 1.43. The first-order valence-corrected chi connectivity index (χ1v) is 18.1. The third kappa shape index (κ3) is 5.82. The van der Waals surface area contributed by atoms with Gasteiger partial charge in [-0.3, -0.25) is 14.5 Å². The van der Waals surface area contributed by atoms with Crippen molar-refractivity contribution in [3.63, 3.8) is 0 Å². The van der Waals surface area contributed by atoms with Crippen molar-refractivity contribution >= 4 is 29.6 Å². The summed E-state index contributed by atoms with van der Waals surface area (Å²) in [5.41, 5.74) is 4.72. The molecule has 7 atom stereocenters. The molecule has 0 radical (unpaired) electrons. The monoisotopic (exact) mass is 722 g/mol. The van der Waals surface area contributed by atoms with E-state index in [1.165, 1.54) is 18.7 Å². The lowest BCUT2D eigenvalue weighted by Gasteiger charge is -2.59. The van der Waals surface area contributed by atoms with Gasteiger partial charge in [0.05, 0.1) is 30.5 Å². The molecule has 4 bridgehead atoms. The predicted octanol–water partition coefficient (Wildman–Crippen LogP) is 3.45. The summed E-state index contributed by atoms with van der Waals surface area (Å²) in [4.78, 5) is 41.4. The third-order valence-electron chi connectivity index (χ3n) is 10.3. The molecule has 272 valence electrons. The maximum atomic E-state index is 13.7. The van der Waals surface area contributed by atoms with Crippen molar-refractivity contribution in [2.24, 2.45) is 0 Å². The van der Waals surface area contributed by atoms with Crippen LogP contribution in [0.3, 0.4) is 0 Å². The Balaban J connectivity index is 1.49. The van der Waals surface area contributed by atoms with Crippen LogP contribution in [0.1, 0.15) is 77.4 Å². The molecule has 2 aromatic rings. The molecule has 2 aromatic carbocycles. The molecule has 0 spiro atoms. The van der Waals surface area contributed by atoms with E-state index in [-0.39, 0.29) is 44.3 Å². The van der Waals surface area contributed by atoms with Crippen molar-refractivity contribution in [3.8, 4) is 34.8 Å². The van der Waals surface area contributed by atoms with Gasteiger partial charge < -0.3 is 43.8 Å². The van der Waals surface area contributed by atoms with Gasteiger partial charge in [0, 0.05) is 60.5 Å². The first-order chi connectivity index (χ1) is 24.6. The van der Waals surface area contributed by atoms with Gasteiger partial charge >= 0.3 is 11.9 Å². The van der Waals surface area contributed by atoms with E-state index in [4.69, 9.17) is 33.2 Å². The standard InChI is InChI=1S/C36H42N4O10S/c1-7-8-24(42)38-21-13-51-35-27-26(34-32(48-15-49-34)17(3)31(27)50-18(4)41)23(12-46-36(21)43)40-22(11-37)20-10-19-9-16(2)30(45-6)33(47-14-44-5)25(19)28(39-20)29(35)40/h9,20-23,28-29,35,39H,7-8,10,12-15H2,1-6H3,(H,38,42)/t20-,21-,22-,23-,28+,29?,35+/m0/s1. The number of methoxy groups -OCH3 is 2. The Labute approximate surface area is 300 Å². The normalized spacial score (nSPS) is 27.2. The van der Waals surface area contributed by atoms with Gasteiger partial charge in [-0.1, -0.05) is 13.0 Å². The summed E-state index contributed by atoms with van der Waals surface area (Å²) in [5, 5.41) is 17.1. The summed E-state index contributed by atoms with van der Waals surface area (Å²) < 4.78 is 41.7. The summed E-state index contributed by atoms with van der Waals surface area (Å²) in [6.45, 7) is 6.79. The lowest BCUT2D eigenvalue weighted by Crippen LogP contribution is -2.69. The minimum atomic E-state index is -0.935. The SMILES string of the molecule is CCCC(=O)N[C@H]1CS[C@@H]2c3c(OC(C)=O)c(C)c4c(c3[C@H](COC1=O)N1C2[C@@H]2N[C@@H](Cc3cc(C)c(OC)c(OCOC)c32)[C@@H]1C#N)OCO4. The van der Waals surface area contributed by atoms with Crippen LogP contribution in [0.5, 0.6) is 28.7 Å². The van der Waals surface area contributed by atoms with Crippen LogP contribution in [0, 0.1) is 25.2 Å². The van der Waals surface area contributed by atoms with Crippen LogP contribution >= 0.6 is 11.8 Å². The van der Waals surface area contributed by atoms with E-state index in [0.717, 1.165) is 16.7 Å². The van der Waals surface area contributed by atoms with Crippen molar-refractivity contribution in [3.05, 3.63) is 39.4 Å². The van der Waals surface area contributed by atoms with Gasteiger partial charge in [-0.2, -0.15) is 5.26 Å². The highest BCUT2D eigenvalue weighted by Gasteiger charge is 2.59. The number of fused-ring (bicyclic) bond motifs is 10. The second kappa shape index (κ2) is 14.1. The number of nitrogens with one attached hydrogen (secondary N) is 2. The Morgan fingerprint density at radius 3 is 2.61 bits per heavy atom. The molecule has 6 aliphatic heterocycles. The van der Waals surface area contributed by atoms with Gasteiger partial charge in [0.25, 0.3) is 0 Å². The number of rotatable bonds is 8. The summed E-state index contributed by atoms with van der Waals surface area (Å²) in [7, 11) is 3.15. The molecule has 6 aliphatic rings. The van der Waals surface area contributed by atoms with Gasteiger partial charge in [0.15, 0.2) is 29.8 Å². The van der Waals surface area contributed by atoms with Gasteiger partial charge in [-0.05, 0) is 37.8 Å². The van der Waals surface area contributed by atoms with E-state index in [2.05, 4.69) is 27.7 Å². The molecular formula is C36H42N4O10S. The van der Waals surface area contributed by atoms with E-state index >= 15 is 0 Å². The molecule has 1 amide bonds. The van der Waals surface area contributed by atoms with Gasteiger partial charge in [0.1, 0.15) is 24.4 Å². The number of nitriles is 1. The van der Waals surface area contributed by atoms with E-state index in [0.29, 0.717) is 58.3 Å². The van der Waals surface area contributed by atoms with E-state index < -0.39 is 47.4 Å². The van der Waals surface area contributed by atoms with Gasteiger partial charge in [0.2, 0.25) is 12.7 Å². The maximum Gasteiger partial charge on any atom is 0.329 e. The van der Waals surface area contributed by atoms with Crippen molar-refractivity contribution in [1.82, 2.24) is 15.5 Å². The zero-order valence-electron chi connectivity index (χ0n) is 29.5. The predicted molar refractivity (Wildman–Crippen MR) is 183 cm³/mol. The average molecular weight is 723 g/mol. The number of hydrogen-bond donors (Lipinski definition) is 2. The molecule has 0 aromatic heterocycles. The minimum Gasteiger partial charge on any atom is -0.493 e. The molecule has 2 N–H and O–H groups in total. The van der Waals surface area contributed by atoms with Gasteiger partial charge in [-0.25, -0.2) is 4.79 Å². The lowest BCUT2D eigenvalue weighted by molar-refractivity contribution is -0.151. The molecule has 8 rings (SSSR count). The van der Waals surface area contributed by atoms with Crippen LogP contribution in [0.2, 0.25) is 0 Å². The van der Waals surface area contributed by atoms with Crippen molar-refractivity contribution in [2.75, 3.05) is 40.2 Å². The summed E-state index contributed by atoms with van der Waals surface area (Å²) in [5.74, 6) is 1.18. The average Bonchev–Trinajstić information content (AvgIpc) is 3.59. The van der Waals surface area contributed by atoms with Crippen LogP contribution in [-0.4, -0.2) is 87.1 Å². The van der Waals surface area contributed by atoms with Crippen LogP contribution < -0.4 is 34.3 Å². The van der Waals surface area contributed by atoms with Crippen LogP contribution in [0.4, 0.5) is 0 Å². The Kier molecular flexibility index (Phi) is 9.70. The fourth-order valence-electron chi connectivity index (χ4n) is 8.40. The molecule has 15 heteroatoms. The second-order valence-corrected chi connectivity index (χ2v) is 14.5. The Bertz CT molecular complexity index is 1810. The first kappa shape index (κ1) is 35.2. The van der Waals surface area contributed by atoms with Crippen LogP contribution in [-0.2, 0) is 30.3 Å². The fraction of sp³-hybridized carbons (Fsp3) is 0.556. The number of aryl methyl sites for hydroxylation is 1. The molecular weight excluding hydrogens is 680 g/mol. The topological polar surface area (TPSA) is 167 Å². The highest BCUT2D eigenvalue weighted by molar-refractivity contribution is 7.99. The summed E-state index contributed by atoms with van der Waals surface area (Å²) in [6.07, 6.45) is 1.40. The highest BCUT2D eigenvalue weighted by atomic mass is 32.2. The number of carbonyl (C=O) groups is 3. The number of esters is 2. The Morgan fingerprint density at radius 1 is 1.12 bits per heavy atom. The Hall–Kier alpha value is -4.23. The van der Waals surface area contributed by atoms with Crippen molar-refractivity contribution < 1.29 is 47.5 Å².